The third-order valence-corrected chi connectivity index (χ3v) is 5.59. The van der Waals surface area contributed by atoms with Crippen LogP contribution in [-0.2, 0) is 4.79 Å². The van der Waals surface area contributed by atoms with E-state index < -0.39 is 0 Å². The normalized spacial score (nSPS) is 15.6. The Hall–Kier alpha value is -3.37. The number of amides is 1. The molecule has 1 aromatic heterocycles. The zero-order chi connectivity index (χ0) is 19.8. The minimum atomic E-state index is -0.167. The number of aromatic nitrogens is 2. The molecule has 0 bridgehead atoms. The van der Waals surface area contributed by atoms with Gasteiger partial charge in [-0.05, 0) is 23.8 Å². The molecule has 1 amide bonds. The number of para-hydroxylation sites is 1. The van der Waals surface area contributed by atoms with E-state index in [9.17, 15) is 4.79 Å². The first-order chi connectivity index (χ1) is 14.2. The third kappa shape index (κ3) is 3.12. The summed E-state index contributed by atoms with van der Waals surface area (Å²) in [5, 5.41) is 8.64. The lowest BCUT2D eigenvalue weighted by atomic mass is 9.84. The number of anilines is 1. The molecule has 0 spiro atoms. The van der Waals surface area contributed by atoms with Gasteiger partial charge in [0.05, 0.1) is 11.4 Å². The van der Waals surface area contributed by atoms with Crippen molar-refractivity contribution in [3.8, 4) is 16.9 Å². The lowest BCUT2D eigenvalue weighted by molar-refractivity contribution is -0.116. The number of benzene rings is 3. The lowest BCUT2D eigenvalue weighted by Crippen LogP contribution is -2.25. The number of halogens is 1. The predicted molar refractivity (Wildman–Crippen MR) is 116 cm³/mol. The summed E-state index contributed by atoms with van der Waals surface area (Å²) in [6.07, 6.45) is 0.330. The molecule has 0 saturated heterocycles. The summed E-state index contributed by atoms with van der Waals surface area (Å²) in [5.41, 5.74) is 4.69. The largest absolute Gasteiger partial charge is 0.310 e. The molecule has 4 aromatic rings. The van der Waals surface area contributed by atoms with Crippen LogP contribution in [-0.4, -0.2) is 15.7 Å². The van der Waals surface area contributed by atoms with E-state index in [1.54, 1.807) is 0 Å². The Kier molecular flexibility index (Phi) is 4.41. The van der Waals surface area contributed by atoms with Crippen LogP contribution in [0.25, 0.3) is 16.9 Å². The van der Waals surface area contributed by atoms with Gasteiger partial charge < -0.3 is 5.32 Å². The van der Waals surface area contributed by atoms with Crippen molar-refractivity contribution < 1.29 is 4.79 Å². The van der Waals surface area contributed by atoms with Crippen molar-refractivity contribution in [3.63, 3.8) is 0 Å². The highest BCUT2D eigenvalue weighted by molar-refractivity contribution is 6.31. The van der Waals surface area contributed by atoms with Crippen molar-refractivity contribution in [2.75, 3.05) is 5.32 Å². The Morgan fingerprint density at radius 1 is 0.897 bits per heavy atom. The molecule has 3 aromatic carbocycles. The molecule has 2 heterocycles. The molecule has 0 fully saturated rings. The summed E-state index contributed by atoms with van der Waals surface area (Å²) < 4.78 is 1.82. The molecule has 1 atom stereocenters. The SMILES string of the molecule is O=C1C[C@@H](c2ccccc2Cl)c2c(-c3ccccc3)nn(-c3ccccc3)c2N1. The summed E-state index contributed by atoms with van der Waals surface area (Å²) >= 11 is 6.54. The Labute approximate surface area is 173 Å². The number of hydrogen-bond acceptors (Lipinski definition) is 2. The number of nitrogens with one attached hydrogen (secondary N) is 1. The van der Waals surface area contributed by atoms with Gasteiger partial charge in [-0.2, -0.15) is 5.10 Å². The second-order valence-corrected chi connectivity index (χ2v) is 7.46. The van der Waals surface area contributed by atoms with Crippen LogP contribution in [0, 0.1) is 0 Å². The van der Waals surface area contributed by atoms with Crippen LogP contribution in [0.5, 0.6) is 0 Å². The summed E-state index contributed by atoms with van der Waals surface area (Å²) in [7, 11) is 0. The molecule has 0 aliphatic carbocycles. The summed E-state index contributed by atoms with van der Waals surface area (Å²) in [6.45, 7) is 0. The smallest absolute Gasteiger partial charge is 0.226 e. The van der Waals surface area contributed by atoms with Crippen LogP contribution in [0.3, 0.4) is 0 Å². The lowest BCUT2D eigenvalue weighted by Gasteiger charge is -2.25. The fourth-order valence-electron chi connectivity index (χ4n) is 3.94. The van der Waals surface area contributed by atoms with E-state index in [2.05, 4.69) is 5.32 Å². The van der Waals surface area contributed by atoms with E-state index in [-0.39, 0.29) is 11.8 Å². The maximum absolute atomic E-state index is 12.7. The molecular weight excluding hydrogens is 382 g/mol. The molecule has 1 aliphatic heterocycles. The van der Waals surface area contributed by atoms with Gasteiger partial charge in [-0.3, -0.25) is 4.79 Å². The van der Waals surface area contributed by atoms with Gasteiger partial charge in [0.2, 0.25) is 5.91 Å². The van der Waals surface area contributed by atoms with E-state index in [1.165, 1.54) is 0 Å². The number of carbonyl (C=O) groups excluding carboxylic acids is 1. The zero-order valence-corrected chi connectivity index (χ0v) is 16.3. The quantitative estimate of drug-likeness (QED) is 0.482. The van der Waals surface area contributed by atoms with Gasteiger partial charge >= 0.3 is 0 Å². The van der Waals surface area contributed by atoms with E-state index in [1.807, 2.05) is 89.6 Å². The van der Waals surface area contributed by atoms with Gasteiger partial charge in [-0.25, -0.2) is 4.68 Å². The molecule has 29 heavy (non-hydrogen) atoms. The molecule has 4 nitrogen and oxygen atoms in total. The summed E-state index contributed by atoms with van der Waals surface area (Å²) in [5.74, 6) is 0.496. The van der Waals surface area contributed by atoms with Crippen molar-refractivity contribution >= 4 is 23.3 Å². The summed E-state index contributed by atoms with van der Waals surface area (Å²) in [4.78, 5) is 12.7. The molecule has 5 rings (SSSR count). The highest BCUT2D eigenvalue weighted by Gasteiger charge is 2.35. The number of carbonyl (C=O) groups is 1. The number of hydrogen-bond donors (Lipinski definition) is 1. The number of nitrogens with zero attached hydrogens (tertiary/aromatic N) is 2. The zero-order valence-electron chi connectivity index (χ0n) is 15.5. The summed E-state index contributed by atoms with van der Waals surface area (Å²) in [6, 6.07) is 27.6. The average molecular weight is 400 g/mol. The van der Waals surface area contributed by atoms with Gasteiger partial charge in [-0.15, -0.1) is 0 Å². The van der Waals surface area contributed by atoms with Crippen molar-refractivity contribution in [1.29, 1.82) is 0 Å². The number of rotatable bonds is 3. The van der Waals surface area contributed by atoms with Crippen LogP contribution < -0.4 is 5.32 Å². The molecule has 142 valence electrons. The van der Waals surface area contributed by atoms with Crippen LogP contribution in [0.4, 0.5) is 5.82 Å². The average Bonchev–Trinajstić information content (AvgIpc) is 3.14. The number of fused-ring (bicyclic) bond motifs is 1. The Bertz CT molecular complexity index is 1190. The van der Waals surface area contributed by atoms with Gasteiger partial charge in [-0.1, -0.05) is 78.3 Å². The van der Waals surface area contributed by atoms with Crippen LogP contribution in [0.1, 0.15) is 23.5 Å². The van der Waals surface area contributed by atoms with E-state index in [4.69, 9.17) is 16.7 Å². The maximum Gasteiger partial charge on any atom is 0.226 e. The first-order valence-corrected chi connectivity index (χ1v) is 9.88. The Balaban J connectivity index is 1.80. The monoisotopic (exact) mass is 399 g/mol. The van der Waals surface area contributed by atoms with Crippen LogP contribution in [0.15, 0.2) is 84.9 Å². The molecule has 0 saturated carbocycles. The van der Waals surface area contributed by atoms with Gasteiger partial charge in [0.15, 0.2) is 0 Å². The maximum atomic E-state index is 12.7. The first kappa shape index (κ1) is 17.7. The third-order valence-electron chi connectivity index (χ3n) is 5.25. The first-order valence-electron chi connectivity index (χ1n) is 9.50. The van der Waals surface area contributed by atoms with Crippen molar-refractivity contribution in [2.24, 2.45) is 0 Å². The predicted octanol–water partition coefficient (Wildman–Crippen LogP) is 5.67. The van der Waals surface area contributed by atoms with Crippen molar-refractivity contribution in [3.05, 3.63) is 101 Å². The Morgan fingerprint density at radius 3 is 2.28 bits per heavy atom. The second kappa shape index (κ2) is 7.22. The molecular formula is C24H18ClN3O. The highest BCUT2D eigenvalue weighted by Crippen LogP contribution is 2.45. The van der Waals surface area contributed by atoms with Crippen molar-refractivity contribution in [2.45, 2.75) is 12.3 Å². The Morgan fingerprint density at radius 2 is 1.55 bits per heavy atom. The van der Waals surface area contributed by atoms with E-state index >= 15 is 0 Å². The van der Waals surface area contributed by atoms with Gasteiger partial charge in [0.1, 0.15) is 5.82 Å². The van der Waals surface area contributed by atoms with E-state index in [0.29, 0.717) is 17.3 Å². The minimum absolute atomic E-state index is 0.0425. The molecule has 0 radical (unpaired) electrons. The van der Waals surface area contributed by atoms with Gasteiger partial charge in [0.25, 0.3) is 0 Å². The molecule has 1 N–H and O–H groups in total. The van der Waals surface area contributed by atoms with Crippen LogP contribution in [0.2, 0.25) is 5.02 Å². The van der Waals surface area contributed by atoms with Crippen LogP contribution >= 0.6 is 11.6 Å². The molecule has 5 heteroatoms. The minimum Gasteiger partial charge on any atom is -0.310 e. The van der Waals surface area contributed by atoms with Crippen molar-refractivity contribution in [1.82, 2.24) is 9.78 Å². The standard InChI is InChI=1S/C24H18ClN3O/c25-20-14-8-7-13-18(20)19-15-21(29)26-24-22(19)23(16-9-3-1-4-10-16)27-28(24)17-11-5-2-6-12-17/h1-14,19H,15H2,(H,26,29)/t19-/m0/s1. The van der Waals surface area contributed by atoms with E-state index in [0.717, 1.165) is 28.1 Å². The molecule has 0 unspecified atom stereocenters. The fraction of sp³-hybridized carbons (Fsp3) is 0.0833. The topological polar surface area (TPSA) is 46.9 Å². The van der Waals surface area contributed by atoms with Gasteiger partial charge in [0, 0.05) is 28.5 Å². The second-order valence-electron chi connectivity index (χ2n) is 7.05. The molecule has 1 aliphatic rings. The fourth-order valence-corrected chi connectivity index (χ4v) is 4.21. The highest BCUT2D eigenvalue weighted by atomic mass is 35.5.